The quantitative estimate of drug-likeness (QED) is 0.822. The molecule has 0 saturated carbocycles. The van der Waals surface area contributed by atoms with Gasteiger partial charge in [0.1, 0.15) is 9.75 Å². The molecular formula is C14H15ClO4S2. The molecule has 0 aromatic carbocycles. The molecule has 21 heavy (non-hydrogen) atoms. The maximum Gasteiger partial charge on any atom is 0.348 e. The highest BCUT2D eigenvalue weighted by molar-refractivity contribution is 7.18. The van der Waals surface area contributed by atoms with E-state index < -0.39 is 5.97 Å². The lowest BCUT2D eigenvalue weighted by atomic mass is 10.3. The number of carboxylic acid groups (broad SMARTS) is 1. The van der Waals surface area contributed by atoms with E-state index in [0.717, 1.165) is 22.5 Å². The smallest absolute Gasteiger partial charge is 0.348 e. The van der Waals surface area contributed by atoms with Gasteiger partial charge in [-0.25, -0.2) is 9.59 Å². The summed E-state index contributed by atoms with van der Waals surface area (Å²) in [6.07, 6.45) is 0. The second-order valence-electron chi connectivity index (χ2n) is 4.08. The van der Waals surface area contributed by atoms with Crippen molar-refractivity contribution in [1.29, 1.82) is 0 Å². The van der Waals surface area contributed by atoms with Crippen LogP contribution >= 0.6 is 34.3 Å². The van der Waals surface area contributed by atoms with Gasteiger partial charge in [0.2, 0.25) is 0 Å². The van der Waals surface area contributed by atoms with Gasteiger partial charge in [-0.3, -0.25) is 0 Å². The molecule has 0 atom stereocenters. The maximum absolute atomic E-state index is 11.0. The summed E-state index contributed by atoms with van der Waals surface area (Å²) < 4.78 is 5.37. The van der Waals surface area contributed by atoms with Gasteiger partial charge in [0.25, 0.3) is 0 Å². The van der Waals surface area contributed by atoms with Crippen molar-refractivity contribution in [1.82, 2.24) is 0 Å². The molecule has 0 aliphatic carbocycles. The molecule has 0 radical (unpaired) electrons. The number of halogens is 1. The van der Waals surface area contributed by atoms with Crippen LogP contribution < -0.4 is 0 Å². The van der Waals surface area contributed by atoms with E-state index in [1.165, 1.54) is 11.3 Å². The van der Waals surface area contributed by atoms with E-state index in [1.54, 1.807) is 19.9 Å². The molecule has 0 aliphatic heterocycles. The molecule has 1 N–H and O–H groups in total. The summed E-state index contributed by atoms with van der Waals surface area (Å²) in [5.41, 5.74) is 1.93. The van der Waals surface area contributed by atoms with E-state index in [-0.39, 0.29) is 5.97 Å². The van der Waals surface area contributed by atoms with E-state index in [0.29, 0.717) is 20.7 Å². The normalized spacial score (nSPS) is 9.71. The number of thiophene rings is 2. The minimum absolute atomic E-state index is 0.217. The Balaban J connectivity index is 0.000000211. The van der Waals surface area contributed by atoms with Gasteiger partial charge in [0, 0.05) is 0 Å². The Hall–Kier alpha value is -1.37. The number of ether oxygens (including phenoxy) is 1. The second-order valence-corrected chi connectivity index (χ2v) is 6.65. The summed E-state index contributed by atoms with van der Waals surface area (Å²) >= 11 is 8.14. The molecule has 0 unspecified atom stereocenters. The van der Waals surface area contributed by atoms with Gasteiger partial charge in [-0.05, 0) is 49.4 Å². The Morgan fingerprint density at radius 1 is 1.29 bits per heavy atom. The predicted octanol–water partition coefficient (Wildman–Crippen LogP) is 4.64. The van der Waals surface area contributed by atoms with Gasteiger partial charge < -0.3 is 9.84 Å². The zero-order valence-corrected chi connectivity index (χ0v) is 14.2. The van der Waals surface area contributed by atoms with Crippen LogP contribution in [0.1, 0.15) is 37.4 Å². The van der Waals surface area contributed by atoms with Crippen molar-refractivity contribution in [2.75, 3.05) is 6.61 Å². The molecule has 0 saturated heterocycles. The van der Waals surface area contributed by atoms with Gasteiger partial charge in [-0.1, -0.05) is 11.6 Å². The van der Waals surface area contributed by atoms with E-state index in [1.807, 2.05) is 18.4 Å². The molecule has 0 spiro atoms. The van der Waals surface area contributed by atoms with Gasteiger partial charge in [0.15, 0.2) is 0 Å². The average molecular weight is 347 g/mol. The number of carbonyl (C=O) groups is 2. The molecule has 0 fully saturated rings. The number of hydrogen-bond donors (Lipinski definition) is 1. The second kappa shape index (κ2) is 8.17. The minimum atomic E-state index is -0.917. The van der Waals surface area contributed by atoms with E-state index in [2.05, 4.69) is 0 Å². The summed E-state index contributed by atoms with van der Waals surface area (Å²) in [4.78, 5) is 22.3. The van der Waals surface area contributed by atoms with Crippen LogP contribution in [0.2, 0.25) is 4.34 Å². The molecule has 7 heteroatoms. The fraction of sp³-hybridized carbons (Fsp3) is 0.286. The van der Waals surface area contributed by atoms with Crippen LogP contribution in [-0.4, -0.2) is 23.7 Å². The first-order valence-electron chi connectivity index (χ1n) is 6.06. The van der Waals surface area contributed by atoms with Gasteiger partial charge in [-0.15, -0.1) is 22.7 Å². The number of aromatic carboxylic acids is 1. The van der Waals surface area contributed by atoms with Crippen LogP contribution in [0.5, 0.6) is 0 Å². The highest BCUT2D eigenvalue weighted by atomic mass is 35.5. The molecule has 2 rings (SSSR count). The average Bonchev–Trinajstić information content (AvgIpc) is 2.98. The summed E-state index contributed by atoms with van der Waals surface area (Å²) in [6, 6.07) is 3.40. The fourth-order valence-corrected chi connectivity index (χ4v) is 3.14. The summed E-state index contributed by atoms with van der Waals surface area (Å²) in [5, 5.41) is 10.4. The standard InChI is InChI=1S/C8H10O2S.C6H5ClO2S/c1-3-10-8(9)7-4-6(2)5-11-7;1-3-2-4(6(8)9)10-5(3)7/h4-5H,3H2,1-2H3;2H,1H3,(H,8,9). The van der Waals surface area contributed by atoms with Crippen LogP contribution in [0.4, 0.5) is 0 Å². The number of esters is 1. The maximum atomic E-state index is 11.0. The lowest BCUT2D eigenvalue weighted by molar-refractivity contribution is 0.0531. The van der Waals surface area contributed by atoms with Crippen molar-refractivity contribution < 1.29 is 19.4 Å². The lowest BCUT2D eigenvalue weighted by Gasteiger charge is -1.95. The van der Waals surface area contributed by atoms with Gasteiger partial charge in [0.05, 0.1) is 10.9 Å². The van der Waals surface area contributed by atoms with E-state index >= 15 is 0 Å². The van der Waals surface area contributed by atoms with Crippen LogP contribution in [-0.2, 0) is 4.74 Å². The fourth-order valence-electron chi connectivity index (χ4n) is 1.31. The molecule has 2 aromatic rings. The van der Waals surface area contributed by atoms with Crippen molar-refractivity contribution in [3.05, 3.63) is 42.7 Å². The van der Waals surface area contributed by atoms with Gasteiger partial charge >= 0.3 is 11.9 Å². The zero-order chi connectivity index (χ0) is 16.0. The molecule has 0 bridgehead atoms. The number of carboxylic acids is 1. The SMILES string of the molecule is CCOC(=O)c1cc(C)cs1.Cc1cc(C(=O)O)sc1Cl. The van der Waals surface area contributed by atoms with Crippen molar-refractivity contribution >= 4 is 46.2 Å². The number of aryl methyl sites for hydroxylation is 2. The minimum Gasteiger partial charge on any atom is -0.477 e. The number of hydrogen-bond acceptors (Lipinski definition) is 5. The van der Waals surface area contributed by atoms with Crippen LogP contribution in [0.15, 0.2) is 17.5 Å². The first kappa shape index (κ1) is 17.7. The Morgan fingerprint density at radius 2 is 1.95 bits per heavy atom. The molecular weight excluding hydrogens is 332 g/mol. The third kappa shape index (κ3) is 5.49. The van der Waals surface area contributed by atoms with E-state index in [4.69, 9.17) is 21.4 Å². The van der Waals surface area contributed by atoms with Crippen molar-refractivity contribution in [2.24, 2.45) is 0 Å². The summed E-state index contributed by atoms with van der Waals surface area (Å²) in [5.74, 6) is -1.13. The van der Waals surface area contributed by atoms with Crippen LogP contribution in [0, 0.1) is 13.8 Å². The molecule has 0 amide bonds. The Morgan fingerprint density at radius 3 is 2.29 bits per heavy atom. The van der Waals surface area contributed by atoms with Crippen LogP contribution in [0.3, 0.4) is 0 Å². The highest BCUT2D eigenvalue weighted by Crippen LogP contribution is 2.26. The zero-order valence-electron chi connectivity index (χ0n) is 11.8. The topological polar surface area (TPSA) is 63.6 Å². The van der Waals surface area contributed by atoms with E-state index in [9.17, 15) is 9.59 Å². The first-order chi connectivity index (χ1) is 9.85. The number of carbonyl (C=O) groups excluding carboxylic acids is 1. The molecule has 2 aromatic heterocycles. The summed E-state index contributed by atoms with van der Waals surface area (Å²) in [7, 11) is 0. The number of rotatable bonds is 3. The van der Waals surface area contributed by atoms with Crippen molar-refractivity contribution in [3.63, 3.8) is 0 Å². The third-order valence-electron chi connectivity index (χ3n) is 2.28. The Kier molecular flexibility index (Phi) is 6.87. The van der Waals surface area contributed by atoms with Crippen LogP contribution in [0.25, 0.3) is 0 Å². The molecule has 4 nitrogen and oxygen atoms in total. The monoisotopic (exact) mass is 346 g/mol. The van der Waals surface area contributed by atoms with Crippen molar-refractivity contribution in [3.8, 4) is 0 Å². The predicted molar refractivity (Wildman–Crippen MR) is 86.0 cm³/mol. The highest BCUT2D eigenvalue weighted by Gasteiger charge is 2.08. The first-order valence-corrected chi connectivity index (χ1v) is 8.14. The molecule has 2 heterocycles. The Bertz CT molecular complexity index is 611. The lowest BCUT2D eigenvalue weighted by Crippen LogP contribution is -2.01. The van der Waals surface area contributed by atoms with Crippen molar-refractivity contribution in [2.45, 2.75) is 20.8 Å². The Labute approximate surface area is 135 Å². The third-order valence-corrected chi connectivity index (χ3v) is 4.85. The largest absolute Gasteiger partial charge is 0.477 e. The summed E-state index contributed by atoms with van der Waals surface area (Å²) in [6.45, 7) is 5.98. The molecule has 0 aliphatic rings. The van der Waals surface area contributed by atoms with Gasteiger partial charge in [-0.2, -0.15) is 0 Å². The molecule has 114 valence electrons.